The Balaban J connectivity index is 2.23. The van der Waals surface area contributed by atoms with Crippen LogP contribution in [0.2, 0.25) is 0 Å². The van der Waals surface area contributed by atoms with E-state index in [1.54, 1.807) is 29.0 Å². The van der Waals surface area contributed by atoms with Crippen LogP contribution in [-0.4, -0.2) is 9.55 Å². The predicted molar refractivity (Wildman–Crippen MR) is 91.3 cm³/mol. The first-order valence-electron chi connectivity index (χ1n) is 8.08. The Bertz CT molecular complexity index is 961. The van der Waals surface area contributed by atoms with Crippen molar-refractivity contribution in [3.63, 3.8) is 0 Å². The Morgan fingerprint density at radius 3 is 2.64 bits per heavy atom. The number of alkyl halides is 3. The molecule has 3 rings (SSSR count). The second-order valence-corrected chi connectivity index (χ2v) is 5.85. The number of benzene rings is 1. The average molecular weight is 346 g/mol. The molecule has 0 aliphatic carbocycles. The molecule has 0 fully saturated rings. The molecule has 0 spiro atoms. The van der Waals surface area contributed by atoms with Crippen molar-refractivity contribution in [2.75, 3.05) is 0 Å². The molecular formula is C19H17F3N2O. The van der Waals surface area contributed by atoms with Gasteiger partial charge >= 0.3 is 6.18 Å². The summed E-state index contributed by atoms with van der Waals surface area (Å²) in [6.07, 6.45) is -1.09. The van der Waals surface area contributed by atoms with Crippen LogP contribution < -0.4 is 5.56 Å². The summed E-state index contributed by atoms with van der Waals surface area (Å²) in [5.41, 5.74) is 0.319. The van der Waals surface area contributed by atoms with E-state index in [1.807, 2.05) is 6.92 Å². The lowest BCUT2D eigenvalue weighted by Crippen LogP contribution is -2.21. The van der Waals surface area contributed by atoms with Gasteiger partial charge < -0.3 is 0 Å². The topological polar surface area (TPSA) is 34.9 Å². The second kappa shape index (κ2) is 6.70. The molecule has 130 valence electrons. The number of aromatic nitrogens is 2. The lowest BCUT2D eigenvalue weighted by atomic mass is 10.0. The first-order chi connectivity index (χ1) is 11.9. The molecule has 0 unspecified atom stereocenters. The number of nitrogens with zero attached hydrogens (tertiary/aromatic N) is 2. The number of unbranched alkanes of at least 4 members (excludes halogenated alkanes) is 1. The Morgan fingerprint density at radius 2 is 1.92 bits per heavy atom. The molecule has 0 radical (unpaired) electrons. The normalized spacial score (nSPS) is 11.8. The summed E-state index contributed by atoms with van der Waals surface area (Å²) in [5, 5.41) is 0.664. The van der Waals surface area contributed by atoms with Crippen LogP contribution in [0, 0.1) is 0 Å². The van der Waals surface area contributed by atoms with Crippen molar-refractivity contribution in [3.8, 4) is 11.1 Å². The van der Waals surface area contributed by atoms with Crippen molar-refractivity contribution in [3.05, 3.63) is 64.6 Å². The lowest BCUT2D eigenvalue weighted by molar-refractivity contribution is -0.137. The fourth-order valence-corrected chi connectivity index (χ4v) is 2.84. The fraction of sp³-hybridized carbons (Fsp3) is 0.263. The van der Waals surface area contributed by atoms with Gasteiger partial charge in [-0.05, 0) is 41.8 Å². The highest BCUT2D eigenvalue weighted by molar-refractivity contribution is 5.92. The van der Waals surface area contributed by atoms with E-state index in [1.165, 1.54) is 12.1 Å². The maximum atomic E-state index is 13.0. The molecule has 0 aliphatic heterocycles. The summed E-state index contributed by atoms with van der Waals surface area (Å²) in [6, 6.07) is 9.91. The van der Waals surface area contributed by atoms with E-state index in [4.69, 9.17) is 0 Å². The first-order valence-corrected chi connectivity index (χ1v) is 8.08. The third kappa shape index (κ3) is 3.43. The molecular weight excluding hydrogens is 329 g/mol. The largest absolute Gasteiger partial charge is 0.416 e. The Labute approximate surface area is 142 Å². The third-order valence-electron chi connectivity index (χ3n) is 4.10. The molecule has 1 aromatic carbocycles. The van der Waals surface area contributed by atoms with Crippen molar-refractivity contribution in [1.29, 1.82) is 0 Å². The smallest absolute Gasteiger partial charge is 0.293 e. The van der Waals surface area contributed by atoms with Crippen LogP contribution in [0.25, 0.3) is 22.2 Å². The van der Waals surface area contributed by atoms with Gasteiger partial charge in [-0.1, -0.05) is 25.5 Å². The number of rotatable bonds is 4. The van der Waals surface area contributed by atoms with Gasteiger partial charge in [0.05, 0.1) is 5.56 Å². The molecule has 0 N–H and O–H groups in total. The zero-order valence-corrected chi connectivity index (χ0v) is 13.7. The molecule has 6 heteroatoms. The minimum Gasteiger partial charge on any atom is -0.293 e. The molecule has 0 saturated heterocycles. The van der Waals surface area contributed by atoms with Gasteiger partial charge in [-0.3, -0.25) is 9.36 Å². The Hall–Kier alpha value is -2.63. The summed E-state index contributed by atoms with van der Waals surface area (Å²) in [4.78, 5) is 16.8. The summed E-state index contributed by atoms with van der Waals surface area (Å²) >= 11 is 0. The maximum Gasteiger partial charge on any atom is 0.416 e. The highest BCUT2D eigenvalue weighted by atomic mass is 19.4. The van der Waals surface area contributed by atoms with E-state index < -0.39 is 11.7 Å². The summed E-state index contributed by atoms with van der Waals surface area (Å²) in [6.45, 7) is 2.56. The summed E-state index contributed by atoms with van der Waals surface area (Å²) < 4.78 is 40.6. The van der Waals surface area contributed by atoms with Gasteiger partial charge in [-0.15, -0.1) is 0 Å². The van der Waals surface area contributed by atoms with Crippen molar-refractivity contribution in [2.24, 2.45) is 0 Å². The number of hydrogen-bond donors (Lipinski definition) is 0. The molecule has 0 bridgehead atoms. The van der Waals surface area contributed by atoms with Gasteiger partial charge in [0.25, 0.3) is 5.56 Å². The average Bonchev–Trinajstić information content (AvgIpc) is 2.60. The van der Waals surface area contributed by atoms with Gasteiger partial charge in [0.2, 0.25) is 0 Å². The molecule has 3 nitrogen and oxygen atoms in total. The van der Waals surface area contributed by atoms with E-state index in [0.29, 0.717) is 28.7 Å². The standard InChI is InChI=1S/C19H17F3N2O/c1-2-3-10-24-17(25)12-16(15-8-5-9-23-18(15)24)13-6-4-7-14(11-13)19(20,21)22/h4-9,11-12H,2-3,10H2,1H3. The Kier molecular flexibility index (Phi) is 4.61. The molecule has 0 aliphatic rings. The second-order valence-electron chi connectivity index (χ2n) is 5.85. The number of halogens is 3. The maximum absolute atomic E-state index is 13.0. The van der Waals surface area contributed by atoms with Crippen LogP contribution >= 0.6 is 0 Å². The predicted octanol–water partition coefficient (Wildman–Crippen LogP) is 4.88. The molecule has 25 heavy (non-hydrogen) atoms. The van der Waals surface area contributed by atoms with E-state index >= 15 is 0 Å². The minimum atomic E-state index is -4.43. The van der Waals surface area contributed by atoms with Gasteiger partial charge in [-0.2, -0.15) is 13.2 Å². The highest BCUT2D eigenvalue weighted by Gasteiger charge is 2.30. The molecule has 0 atom stereocenters. The minimum absolute atomic E-state index is 0.257. The van der Waals surface area contributed by atoms with Crippen LogP contribution in [-0.2, 0) is 12.7 Å². The van der Waals surface area contributed by atoms with Crippen LogP contribution in [0.4, 0.5) is 13.2 Å². The van der Waals surface area contributed by atoms with Gasteiger partial charge in [0, 0.05) is 24.2 Å². The van der Waals surface area contributed by atoms with Crippen molar-refractivity contribution in [2.45, 2.75) is 32.5 Å². The summed E-state index contributed by atoms with van der Waals surface area (Å²) in [7, 11) is 0. The van der Waals surface area contributed by atoms with Crippen LogP contribution in [0.1, 0.15) is 25.3 Å². The van der Waals surface area contributed by atoms with Crippen molar-refractivity contribution >= 4 is 11.0 Å². The molecule has 0 saturated carbocycles. The van der Waals surface area contributed by atoms with Crippen LogP contribution in [0.5, 0.6) is 0 Å². The Morgan fingerprint density at radius 1 is 1.12 bits per heavy atom. The van der Waals surface area contributed by atoms with Crippen LogP contribution in [0.3, 0.4) is 0 Å². The van der Waals surface area contributed by atoms with E-state index in [-0.39, 0.29) is 5.56 Å². The zero-order chi connectivity index (χ0) is 18.0. The van der Waals surface area contributed by atoms with Crippen molar-refractivity contribution in [1.82, 2.24) is 9.55 Å². The molecule has 2 heterocycles. The van der Waals surface area contributed by atoms with Crippen molar-refractivity contribution < 1.29 is 13.2 Å². The van der Waals surface area contributed by atoms with Crippen LogP contribution in [0.15, 0.2) is 53.5 Å². The SMILES string of the molecule is CCCCn1c(=O)cc(-c2cccc(C(F)(F)F)c2)c2cccnc21. The van der Waals surface area contributed by atoms with E-state index in [9.17, 15) is 18.0 Å². The molecule has 3 aromatic rings. The fourth-order valence-electron chi connectivity index (χ4n) is 2.84. The van der Waals surface area contributed by atoms with Gasteiger partial charge in [0.15, 0.2) is 0 Å². The lowest BCUT2D eigenvalue weighted by Gasteiger charge is -2.14. The quantitative estimate of drug-likeness (QED) is 0.675. The number of fused-ring (bicyclic) bond motifs is 1. The third-order valence-corrected chi connectivity index (χ3v) is 4.10. The van der Waals surface area contributed by atoms with Gasteiger partial charge in [0.1, 0.15) is 5.65 Å². The molecule has 2 aromatic heterocycles. The van der Waals surface area contributed by atoms with E-state index in [2.05, 4.69) is 4.98 Å². The number of pyridine rings is 2. The first kappa shape index (κ1) is 17.2. The van der Waals surface area contributed by atoms with Gasteiger partial charge in [-0.25, -0.2) is 4.98 Å². The number of hydrogen-bond acceptors (Lipinski definition) is 2. The highest BCUT2D eigenvalue weighted by Crippen LogP contribution is 2.33. The monoisotopic (exact) mass is 346 g/mol. The summed E-state index contributed by atoms with van der Waals surface area (Å²) in [5.74, 6) is 0. The zero-order valence-electron chi connectivity index (χ0n) is 13.7. The molecule has 0 amide bonds. The van der Waals surface area contributed by atoms with E-state index in [0.717, 1.165) is 25.0 Å². The number of aryl methyl sites for hydroxylation is 1.